The number of imide groups is 1. The van der Waals surface area contributed by atoms with Gasteiger partial charge in [-0.1, -0.05) is 6.92 Å². The highest BCUT2D eigenvalue weighted by Gasteiger charge is 2.31. The highest BCUT2D eigenvalue weighted by Crippen LogP contribution is 2.27. The molecule has 0 aliphatic heterocycles. The number of rotatable bonds is 6. The zero-order chi connectivity index (χ0) is 19.0. The van der Waals surface area contributed by atoms with Gasteiger partial charge < -0.3 is 14.6 Å². The van der Waals surface area contributed by atoms with Crippen molar-refractivity contribution in [1.82, 2.24) is 15.2 Å². The van der Waals surface area contributed by atoms with Crippen molar-refractivity contribution in [3.8, 4) is 0 Å². The fraction of sp³-hybridized carbons (Fsp3) is 0.429. The number of hydrogen-bond donors (Lipinski definition) is 2. The van der Waals surface area contributed by atoms with Crippen LogP contribution < -0.4 is 16.2 Å². The summed E-state index contributed by atoms with van der Waals surface area (Å²) in [5, 5.41) is 4.25. The van der Waals surface area contributed by atoms with Crippen LogP contribution in [0.1, 0.15) is 18.9 Å². The summed E-state index contributed by atoms with van der Waals surface area (Å²) in [6.45, 7) is 0.529. The number of halogens is 3. The van der Waals surface area contributed by atoms with Crippen molar-refractivity contribution in [2.45, 2.75) is 26.1 Å². The topological polar surface area (TPSA) is 106 Å². The second kappa shape index (κ2) is 8.85. The van der Waals surface area contributed by atoms with E-state index < -0.39 is 48.4 Å². The lowest BCUT2D eigenvalue weighted by Crippen LogP contribution is -2.41. The number of nitrogens with one attached hydrogen (secondary N) is 2. The number of alkyl halides is 3. The molecule has 0 aromatic carbocycles. The van der Waals surface area contributed by atoms with Gasteiger partial charge in [-0.15, -0.1) is 0 Å². The van der Waals surface area contributed by atoms with Gasteiger partial charge in [-0.05, 0) is 12.5 Å². The Morgan fingerprint density at radius 2 is 1.92 bits per heavy atom. The summed E-state index contributed by atoms with van der Waals surface area (Å²) in [4.78, 5) is 45.6. The minimum absolute atomic E-state index is 0.345. The highest BCUT2D eigenvalue weighted by atomic mass is 19.4. The van der Waals surface area contributed by atoms with Crippen molar-refractivity contribution in [2.75, 3.05) is 13.2 Å². The molecule has 1 aromatic rings. The van der Waals surface area contributed by atoms with Crippen molar-refractivity contribution >= 4 is 17.9 Å². The number of nitrogens with zero attached hydrogens (tertiary/aromatic N) is 1. The molecule has 0 aliphatic rings. The molecule has 11 heteroatoms. The maximum atomic E-state index is 12.6. The van der Waals surface area contributed by atoms with Crippen LogP contribution in [-0.2, 0) is 27.0 Å². The van der Waals surface area contributed by atoms with E-state index in [1.807, 2.05) is 5.32 Å². The van der Waals surface area contributed by atoms with Crippen LogP contribution in [0.3, 0.4) is 0 Å². The molecule has 25 heavy (non-hydrogen) atoms. The van der Waals surface area contributed by atoms with E-state index >= 15 is 0 Å². The molecule has 0 unspecified atom stereocenters. The van der Waals surface area contributed by atoms with Crippen LogP contribution in [-0.4, -0.2) is 35.6 Å². The zero-order valence-corrected chi connectivity index (χ0v) is 13.2. The number of amides is 3. The minimum Gasteiger partial charge on any atom is -0.454 e. The lowest BCUT2D eigenvalue weighted by atomic mass is 10.3. The number of esters is 1. The van der Waals surface area contributed by atoms with Crippen LogP contribution in [0.15, 0.2) is 23.1 Å². The monoisotopic (exact) mass is 363 g/mol. The van der Waals surface area contributed by atoms with Crippen molar-refractivity contribution in [2.24, 2.45) is 0 Å². The lowest BCUT2D eigenvalue weighted by Gasteiger charge is -2.10. The van der Waals surface area contributed by atoms with Crippen LogP contribution in [0.4, 0.5) is 18.0 Å². The Morgan fingerprint density at radius 1 is 1.24 bits per heavy atom. The largest absolute Gasteiger partial charge is 0.454 e. The van der Waals surface area contributed by atoms with E-state index in [1.54, 1.807) is 6.92 Å². The van der Waals surface area contributed by atoms with E-state index in [0.29, 0.717) is 35.9 Å². The van der Waals surface area contributed by atoms with Crippen LogP contribution >= 0.6 is 0 Å². The van der Waals surface area contributed by atoms with E-state index in [-0.39, 0.29) is 0 Å². The summed E-state index contributed by atoms with van der Waals surface area (Å²) < 4.78 is 42.8. The van der Waals surface area contributed by atoms with Gasteiger partial charge in [-0.3, -0.25) is 19.7 Å². The van der Waals surface area contributed by atoms with Crippen LogP contribution in [0.2, 0.25) is 0 Å². The molecule has 0 radical (unpaired) electrons. The van der Waals surface area contributed by atoms with E-state index in [9.17, 15) is 32.3 Å². The summed E-state index contributed by atoms with van der Waals surface area (Å²) in [7, 11) is 0. The molecular weight excluding hydrogens is 347 g/mol. The van der Waals surface area contributed by atoms with Gasteiger partial charge in [0.05, 0.1) is 5.56 Å². The number of pyridine rings is 1. The molecule has 0 aliphatic carbocycles. The molecule has 0 spiro atoms. The third-order valence-corrected chi connectivity index (χ3v) is 2.76. The molecule has 1 heterocycles. The number of aromatic nitrogens is 1. The van der Waals surface area contributed by atoms with E-state index in [4.69, 9.17) is 0 Å². The zero-order valence-electron chi connectivity index (χ0n) is 13.2. The van der Waals surface area contributed by atoms with Crippen LogP contribution in [0, 0.1) is 0 Å². The summed E-state index contributed by atoms with van der Waals surface area (Å²) in [5.41, 5.74) is -1.95. The van der Waals surface area contributed by atoms with Gasteiger partial charge in [-0.2, -0.15) is 13.2 Å². The molecule has 8 nitrogen and oxygen atoms in total. The SMILES string of the molecule is CCCNC(=O)NC(=O)COC(=O)Cn1cc(C(F)(F)F)ccc1=O. The van der Waals surface area contributed by atoms with Gasteiger partial charge in [0.25, 0.3) is 11.5 Å². The molecule has 0 saturated carbocycles. The summed E-state index contributed by atoms with van der Waals surface area (Å²) in [6.07, 6.45) is -3.55. The standard InChI is InChI=1S/C14H16F3N3O5/c1-2-5-18-13(24)19-10(21)8-25-12(23)7-20-6-9(14(15,16)17)3-4-11(20)22/h3-4,6H,2,5,7-8H2,1H3,(H2,18,19,21,24). The molecular formula is C14H16F3N3O5. The molecule has 0 saturated heterocycles. The highest BCUT2D eigenvalue weighted by molar-refractivity contribution is 5.95. The summed E-state index contributed by atoms with van der Waals surface area (Å²) in [5.74, 6) is -2.02. The van der Waals surface area contributed by atoms with Crippen molar-refractivity contribution < 1.29 is 32.3 Å². The first kappa shape index (κ1) is 20.2. The third kappa shape index (κ3) is 7.06. The normalized spacial score (nSPS) is 10.9. The van der Waals surface area contributed by atoms with Gasteiger partial charge in [0.15, 0.2) is 6.61 Å². The first-order valence-corrected chi connectivity index (χ1v) is 7.14. The third-order valence-electron chi connectivity index (χ3n) is 2.76. The second-order valence-corrected chi connectivity index (χ2v) is 4.85. The average Bonchev–Trinajstić information content (AvgIpc) is 2.52. The number of carbonyl (C=O) groups is 3. The quantitative estimate of drug-likeness (QED) is 0.722. The van der Waals surface area contributed by atoms with E-state index in [1.165, 1.54) is 0 Å². The summed E-state index contributed by atoms with van der Waals surface area (Å²) in [6, 6.07) is 0.491. The Morgan fingerprint density at radius 3 is 2.52 bits per heavy atom. The maximum Gasteiger partial charge on any atom is 0.417 e. The number of hydrogen-bond acceptors (Lipinski definition) is 5. The predicted molar refractivity (Wildman–Crippen MR) is 78.5 cm³/mol. The van der Waals surface area contributed by atoms with Crippen LogP contribution in [0.5, 0.6) is 0 Å². The van der Waals surface area contributed by atoms with Crippen molar-refractivity contribution in [1.29, 1.82) is 0 Å². The molecule has 3 amide bonds. The number of urea groups is 1. The minimum atomic E-state index is -4.68. The molecule has 138 valence electrons. The van der Waals surface area contributed by atoms with E-state index in [0.717, 1.165) is 0 Å². The first-order chi connectivity index (χ1) is 11.6. The van der Waals surface area contributed by atoms with Crippen molar-refractivity contribution in [3.63, 3.8) is 0 Å². The fourth-order valence-electron chi connectivity index (χ4n) is 1.60. The summed E-state index contributed by atoms with van der Waals surface area (Å²) >= 11 is 0. The molecule has 0 atom stereocenters. The van der Waals surface area contributed by atoms with Gasteiger partial charge in [0.2, 0.25) is 0 Å². The van der Waals surface area contributed by atoms with Gasteiger partial charge in [-0.25, -0.2) is 4.79 Å². The van der Waals surface area contributed by atoms with E-state index in [2.05, 4.69) is 10.1 Å². The fourth-order valence-corrected chi connectivity index (χ4v) is 1.60. The smallest absolute Gasteiger partial charge is 0.417 e. The molecule has 0 bridgehead atoms. The van der Waals surface area contributed by atoms with Crippen LogP contribution in [0.25, 0.3) is 0 Å². The molecule has 0 fully saturated rings. The number of ether oxygens (including phenoxy) is 1. The van der Waals surface area contributed by atoms with Crippen molar-refractivity contribution in [3.05, 3.63) is 34.2 Å². The van der Waals surface area contributed by atoms with Gasteiger partial charge in [0.1, 0.15) is 6.54 Å². The van der Waals surface area contributed by atoms with Gasteiger partial charge >= 0.3 is 18.2 Å². The lowest BCUT2D eigenvalue weighted by molar-refractivity contribution is -0.149. The molecule has 1 rings (SSSR count). The Labute approximate surface area is 140 Å². The first-order valence-electron chi connectivity index (χ1n) is 7.14. The molecule has 1 aromatic heterocycles. The van der Waals surface area contributed by atoms with Gasteiger partial charge in [0, 0.05) is 18.8 Å². The number of carbonyl (C=O) groups excluding carboxylic acids is 3. The Kier molecular flexibility index (Phi) is 7.15. The second-order valence-electron chi connectivity index (χ2n) is 4.85. The predicted octanol–water partition coefficient (Wildman–Crippen LogP) is 0.646. The Balaban J connectivity index is 2.56. The maximum absolute atomic E-state index is 12.6. The Bertz CT molecular complexity index is 700. The Hall–Kier alpha value is -2.85. The molecule has 2 N–H and O–H groups in total. The average molecular weight is 363 g/mol.